The van der Waals surface area contributed by atoms with E-state index in [-0.39, 0.29) is 19.0 Å². The van der Waals surface area contributed by atoms with Crippen LogP contribution in [0.25, 0.3) is 0 Å². The molecule has 5 heteroatoms. The molecule has 1 rings (SSSR count). The van der Waals surface area contributed by atoms with Crippen LogP contribution in [-0.4, -0.2) is 31.5 Å². The molecule has 0 heterocycles. The highest BCUT2D eigenvalue weighted by atomic mass is 35.5. The van der Waals surface area contributed by atoms with Gasteiger partial charge < -0.3 is 15.2 Å². The first-order valence-corrected chi connectivity index (χ1v) is 5.34. The zero-order valence-corrected chi connectivity index (χ0v) is 10.6. The van der Waals surface area contributed by atoms with Gasteiger partial charge >= 0.3 is 0 Å². The smallest absolute Gasteiger partial charge is 0.0698 e. The summed E-state index contributed by atoms with van der Waals surface area (Å²) in [6, 6.07) is 7.73. The fourth-order valence-corrected chi connectivity index (χ4v) is 1.27. The van der Waals surface area contributed by atoms with Gasteiger partial charge in [0.05, 0.1) is 19.8 Å². The molecule has 0 amide bonds. The Hall–Kier alpha value is -0.320. The lowest BCUT2D eigenvalue weighted by molar-refractivity contribution is 0.0938. The molecule has 1 aromatic carbocycles. The molecule has 2 N–H and O–H groups in total. The molecule has 92 valence electrons. The zero-order chi connectivity index (χ0) is 10.9. The van der Waals surface area contributed by atoms with Crippen molar-refractivity contribution in [2.45, 2.75) is 6.54 Å². The molecule has 16 heavy (non-hydrogen) atoms. The number of hydrogen-bond donors (Lipinski definition) is 2. The minimum absolute atomic E-state index is 0. The van der Waals surface area contributed by atoms with Gasteiger partial charge in [-0.05, 0) is 17.7 Å². The van der Waals surface area contributed by atoms with Gasteiger partial charge in [0, 0.05) is 18.1 Å². The highest BCUT2D eigenvalue weighted by Gasteiger charge is 1.92. The average molecular weight is 266 g/mol. The molecule has 0 aliphatic carbocycles. The van der Waals surface area contributed by atoms with E-state index >= 15 is 0 Å². The van der Waals surface area contributed by atoms with Crippen LogP contribution in [0.3, 0.4) is 0 Å². The van der Waals surface area contributed by atoms with Crippen molar-refractivity contribution in [3.05, 3.63) is 34.9 Å². The Labute approximate surface area is 107 Å². The number of aliphatic hydroxyl groups is 1. The fourth-order valence-electron chi connectivity index (χ4n) is 1.15. The number of rotatable bonds is 7. The van der Waals surface area contributed by atoms with E-state index in [9.17, 15) is 0 Å². The van der Waals surface area contributed by atoms with Crippen LogP contribution in [0.1, 0.15) is 5.56 Å². The molecule has 0 radical (unpaired) electrons. The third-order valence-corrected chi connectivity index (χ3v) is 2.15. The van der Waals surface area contributed by atoms with Gasteiger partial charge in [-0.15, -0.1) is 12.4 Å². The van der Waals surface area contributed by atoms with Crippen LogP contribution in [0.15, 0.2) is 24.3 Å². The van der Waals surface area contributed by atoms with Crippen molar-refractivity contribution in [2.75, 3.05) is 26.4 Å². The van der Waals surface area contributed by atoms with E-state index < -0.39 is 0 Å². The Morgan fingerprint density at radius 2 is 1.88 bits per heavy atom. The van der Waals surface area contributed by atoms with Crippen molar-refractivity contribution in [2.24, 2.45) is 0 Å². The van der Waals surface area contributed by atoms with E-state index in [0.717, 1.165) is 18.1 Å². The van der Waals surface area contributed by atoms with E-state index in [1.165, 1.54) is 5.56 Å². The summed E-state index contributed by atoms with van der Waals surface area (Å²) in [6.45, 7) is 2.69. The number of aliphatic hydroxyl groups excluding tert-OH is 1. The molecule has 0 aliphatic heterocycles. The summed E-state index contributed by atoms with van der Waals surface area (Å²) < 4.78 is 5.11. The van der Waals surface area contributed by atoms with Crippen LogP contribution < -0.4 is 5.32 Å². The predicted molar refractivity (Wildman–Crippen MR) is 68.3 cm³/mol. The summed E-state index contributed by atoms with van der Waals surface area (Å²) in [5, 5.41) is 12.5. The van der Waals surface area contributed by atoms with Crippen LogP contribution in [0, 0.1) is 0 Å². The molecule has 1 aromatic rings. The first-order chi connectivity index (χ1) is 7.33. The van der Waals surface area contributed by atoms with Gasteiger partial charge in [0.25, 0.3) is 0 Å². The van der Waals surface area contributed by atoms with Gasteiger partial charge in [0.1, 0.15) is 0 Å². The molecule has 0 spiro atoms. The lowest BCUT2D eigenvalue weighted by Gasteiger charge is -2.05. The Balaban J connectivity index is 0.00000225. The molecular weight excluding hydrogens is 249 g/mol. The van der Waals surface area contributed by atoms with Gasteiger partial charge in [0.2, 0.25) is 0 Å². The number of hydrogen-bond acceptors (Lipinski definition) is 3. The molecule has 3 nitrogen and oxygen atoms in total. The van der Waals surface area contributed by atoms with Gasteiger partial charge in [-0.1, -0.05) is 23.7 Å². The quantitative estimate of drug-likeness (QED) is 0.740. The van der Waals surface area contributed by atoms with Crippen molar-refractivity contribution in [1.29, 1.82) is 0 Å². The summed E-state index contributed by atoms with van der Waals surface area (Å²) in [4.78, 5) is 0. The van der Waals surface area contributed by atoms with Crippen molar-refractivity contribution in [3.8, 4) is 0 Å². The highest BCUT2D eigenvalue weighted by molar-refractivity contribution is 6.30. The fraction of sp³-hybridized carbons (Fsp3) is 0.455. The minimum Gasteiger partial charge on any atom is -0.394 e. The summed E-state index contributed by atoms with van der Waals surface area (Å²) in [5.41, 5.74) is 1.20. The van der Waals surface area contributed by atoms with Crippen LogP contribution in [-0.2, 0) is 11.3 Å². The van der Waals surface area contributed by atoms with Gasteiger partial charge in [-0.25, -0.2) is 0 Å². The summed E-state index contributed by atoms with van der Waals surface area (Å²) >= 11 is 5.77. The van der Waals surface area contributed by atoms with Crippen LogP contribution >= 0.6 is 24.0 Å². The van der Waals surface area contributed by atoms with E-state index in [4.69, 9.17) is 21.4 Å². The monoisotopic (exact) mass is 265 g/mol. The SMILES string of the molecule is Cl.OCCOCCNCc1ccc(Cl)cc1. The Morgan fingerprint density at radius 3 is 2.50 bits per heavy atom. The van der Waals surface area contributed by atoms with E-state index in [2.05, 4.69) is 5.32 Å². The second kappa shape index (κ2) is 9.87. The van der Waals surface area contributed by atoms with Crippen molar-refractivity contribution in [1.82, 2.24) is 5.32 Å². The van der Waals surface area contributed by atoms with Crippen molar-refractivity contribution >= 4 is 24.0 Å². The second-order valence-electron chi connectivity index (χ2n) is 3.14. The zero-order valence-electron chi connectivity index (χ0n) is 8.99. The topological polar surface area (TPSA) is 41.5 Å². The number of halogens is 2. The van der Waals surface area contributed by atoms with Crippen LogP contribution in [0.4, 0.5) is 0 Å². The van der Waals surface area contributed by atoms with Crippen LogP contribution in [0.2, 0.25) is 5.02 Å². The van der Waals surface area contributed by atoms with Gasteiger partial charge in [-0.3, -0.25) is 0 Å². The first kappa shape index (κ1) is 15.7. The lowest BCUT2D eigenvalue weighted by Crippen LogP contribution is -2.19. The molecule has 0 saturated heterocycles. The molecule has 0 unspecified atom stereocenters. The first-order valence-electron chi connectivity index (χ1n) is 4.96. The number of benzene rings is 1. The normalized spacial score (nSPS) is 9.88. The largest absolute Gasteiger partial charge is 0.394 e. The standard InChI is InChI=1S/C11H16ClNO2.ClH/c12-11-3-1-10(2-4-11)9-13-5-7-15-8-6-14;/h1-4,13-14H,5-9H2;1H. The van der Waals surface area contributed by atoms with Crippen molar-refractivity contribution < 1.29 is 9.84 Å². The maximum atomic E-state index is 8.47. The van der Waals surface area contributed by atoms with E-state index in [1.807, 2.05) is 24.3 Å². The number of nitrogens with one attached hydrogen (secondary N) is 1. The minimum atomic E-state index is 0. The number of ether oxygens (including phenoxy) is 1. The van der Waals surface area contributed by atoms with Crippen LogP contribution in [0.5, 0.6) is 0 Å². The van der Waals surface area contributed by atoms with Gasteiger partial charge in [0.15, 0.2) is 0 Å². The Kier molecular flexibility index (Phi) is 9.68. The second-order valence-corrected chi connectivity index (χ2v) is 3.58. The third kappa shape index (κ3) is 7.04. The van der Waals surface area contributed by atoms with E-state index in [1.54, 1.807) is 0 Å². The predicted octanol–water partition coefficient (Wildman–Crippen LogP) is 1.86. The molecule has 0 aromatic heterocycles. The van der Waals surface area contributed by atoms with Gasteiger partial charge in [-0.2, -0.15) is 0 Å². The molecule has 0 bridgehead atoms. The third-order valence-electron chi connectivity index (χ3n) is 1.90. The lowest BCUT2D eigenvalue weighted by atomic mass is 10.2. The highest BCUT2D eigenvalue weighted by Crippen LogP contribution is 2.08. The Bertz CT molecular complexity index is 267. The summed E-state index contributed by atoms with van der Waals surface area (Å²) in [6.07, 6.45) is 0. The maximum Gasteiger partial charge on any atom is 0.0698 e. The molecule has 0 atom stereocenters. The summed E-state index contributed by atoms with van der Waals surface area (Å²) in [5.74, 6) is 0. The Morgan fingerprint density at radius 1 is 1.19 bits per heavy atom. The summed E-state index contributed by atoms with van der Waals surface area (Å²) in [7, 11) is 0. The molecule has 0 fully saturated rings. The average Bonchev–Trinajstić information content (AvgIpc) is 2.26. The molecule has 0 aliphatic rings. The van der Waals surface area contributed by atoms with E-state index in [0.29, 0.717) is 13.2 Å². The van der Waals surface area contributed by atoms with Crippen molar-refractivity contribution in [3.63, 3.8) is 0 Å². The maximum absolute atomic E-state index is 8.47. The molecule has 0 saturated carbocycles. The molecular formula is C11H17Cl2NO2.